The number of urea groups is 1. The molecule has 0 fully saturated rings. The number of nitrogens with one attached hydrogen (secondary N) is 3. The molecule has 116 valence electrons. The zero-order valence-electron chi connectivity index (χ0n) is 12.6. The SMILES string of the molecule is CC(=O)Nc1ccc(C)c(NC(=O)NCCn2ccnc2)c1. The predicted molar refractivity (Wildman–Crippen MR) is 84.7 cm³/mol. The summed E-state index contributed by atoms with van der Waals surface area (Å²) in [5.41, 5.74) is 2.22. The lowest BCUT2D eigenvalue weighted by atomic mass is 10.2. The normalized spacial score (nSPS) is 10.1. The third kappa shape index (κ3) is 4.62. The third-order valence-electron chi connectivity index (χ3n) is 3.02. The number of nitrogens with zero attached hydrogens (tertiary/aromatic N) is 2. The number of benzene rings is 1. The van der Waals surface area contributed by atoms with Crippen molar-refractivity contribution in [3.8, 4) is 0 Å². The fourth-order valence-corrected chi connectivity index (χ4v) is 1.92. The Morgan fingerprint density at radius 1 is 1.27 bits per heavy atom. The van der Waals surface area contributed by atoms with Gasteiger partial charge in [-0.05, 0) is 24.6 Å². The second-order valence-corrected chi connectivity index (χ2v) is 4.89. The largest absolute Gasteiger partial charge is 0.336 e. The van der Waals surface area contributed by atoms with E-state index < -0.39 is 0 Å². The Bertz CT molecular complexity index is 652. The van der Waals surface area contributed by atoms with Crippen molar-refractivity contribution in [1.82, 2.24) is 14.9 Å². The van der Waals surface area contributed by atoms with Crippen molar-refractivity contribution >= 4 is 23.3 Å². The molecule has 0 aliphatic heterocycles. The minimum absolute atomic E-state index is 0.153. The molecule has 0 unspecified atom stereocenters. The monoisotopic (exact) mass is 301 g/mol. The summed E-state index contributed by atoms with van der Waals surface area (Å²) in [5, 5.41) is 8.24. The van der Waals surface area contributed by atoms with E-state index in [2.05, 4.69) is 20.9 Å². The van der Waals surface area contributed by atoms with Gasteiger partial charge >= 0.3 is 6.03 Å². The average Bonchev–Trinajstić information content (AvgIpc) is 2.95. The lowest BCUT2D eigenvalue weighted by Crippen LogP contribution is -2.31. The maximum absolute atomic E-state index is 11.9. The summed E-state index contributed by atoms with van der Waals surface area (Å²) in [5.74, 6) is -0.153. The highest BCUT2D eigenvalue weighted by molar-refractivity contribution is 5.93. The van der Waals surface area contributed by atoms with E-state index in [1.807, 2.05) is 23.8 Å². The molecular weight excluding hydrogens is 282 g/mol. The summed E-state index contributed by atoms with van der Waals surface area (Å²) in [4.78, 5) is 26.9. The van der Waals surface area contributed by atoms with Crippen LogP contribution < -0.4 is 16.0 Å². The van der Waals surface area contributed by atoms with Gasteiger partial charge in [0, 0.05) is 43.8 Å². The van der Waals surface area contributed by atoms with E-state index >= 15 is 0 Å². The molecule has 3 amide bonds. The van der Waals surface area contributed by atoms with Gasteiger partial charge in [0.1, 0.15) is 0 Å². The van der Waals surface area contributed by atoms with E-state index in [1.54, 1.807) is 24.7 Å². The van der Waals surface area contributed by atoms with Crippen LogP contribution in [0.4, 0.5) is 16.2 Å². The molecular formula is C15H19N5O2. The van der Waals surface area contributed by atoms with E-state index in [9.17, 15) is 9.59 Å². The predicted octanol–water partition coefficient (Wildman–Crippen LogP) is 1.97. The summed E-state index contributed by atoms with van der Waals surface area (Å²) < 4.78 is 1.88. The minimum Gasteiger partial charge on any atom is -0.336 e. The molecule has 3 N–H and O–H groups in total. The van der Waals surface area contributed by atoms with Gasteiger partial charge in [0.15, 0.2) is 0 Å². The van der Waals surface area contributed by atoms with Crippen LogP contribution in [0.3, 0.4) is 0 Å². The molecule has 7 nitrogen and oxygen atoms in total. The Hall–Kier alpha value is -2.83. The Morgan fingerprint density at radius 2 is 2.09 bits per heavy atom. The van der Waals surface area contributed by atoms with Crippen LogP contribution in [0.1, 0.15) is 12.5 Å². The smallest absolute Gasteiger partial charge is 0.319 e. The Balaban J connectivity index is 1.88. The first-order chi connectivity index (χ1) is 10.5. The van der Waals surface area contributed by atoms with Gasteiger partial charge in [0.05, 0.1) is 6.33 Å². The third-order valence-corrected chi connectivity index (χ3v) is 3.02. The highest BCUT2D eigenvalue weighted by Gasteiger charge is 2.06. The molecule has 1 aromatic carbocycles. The Labute approximate surface area is 128 Å². The number of imidazole rings is 1. The van der Waals surface area contributed by atoms with E-state index in [0.717, 1.165) is 5.56 Å². The van der Waals surface area contributed by atoms with Crippen LogP contribution in [0.25, 0.3) is 0 Å². The highest BCUT2D eigenvalue weighted by atomic mass is 16.2. The van der Waals surface area contributed by atoms with Crippen molar-refractivity contribution in [1.29, 1.82) is 0 Å². The van der Waals surface area contributed by atoms with Crippen LogP contribution in [0.2, 0.25) is 0 Å². The Morgan fingerprint density at radius 3 is 2.77 bits per heavy atom. The van der Waals surface area contributed by atoms with Crippen molar-refractivity contribution in [2.24, 2.45) is 0 Å². The van der Waals surface area contributed by atoms with Crippen molar-refractivity contribution in [2.45, 2.75) is 20.4 Å². The molecule has 0 bridgehead atoms. The molecule has 1 heterocycles. The molecule has 0 saturated heterocycles. The van der Waals surface area contributed by atoms with Gasteiger partial charge in [0.2, 0.25) is 5.91 Å². The Kier molecular flexibility index (Phi) is 5.13. The van der Waals surface area contributed by atoms with E-state index in [1.165, 1.54) is 6.92 Å². The lowest BCUT2D eigenvalue weighted by Gasteiger charge is -2.12. The molecule has 2 rings (SSSR count). The standard InChI is InChI=1S/C15H19N5O2/c1-11-3-4-13(18-12(2)21)9-14(11)19-15(22)17-6-8-20-7-5-16-10-20/h3-5,7,9-10H,6,8H2,1-2H3,(H,18,21)(H2,17,19,22). The summed E-state index contributed by atoms with van der Waals surface area (Å²) >= 11 is 0. The summed E-state index contributed by atoms with van der Waals surface area (Å²) in [6.45, 7) is 4.47. The van der Waals surface area contributed by atoms with E-state index in [4.69, 9.17) is 0 Å². The second-order valence-electron chi connectivity index (χ2n) is 4.89. The van der Waals surface area contributed by atoms with Gasteiger partial charge in [-0.15, -0.1) is 0 Å². The highest BCUT2D eigenvalue weighted by Crippen LogP contribution is 2.20. The van der Waals surface area contributed by atoms with Gasteiger partial charge in [-0.25, -0.2) is 9.78 Å². The fourth-order valence-electron chi connectivity index (χ4n) is 1.92. The molecule has 0 aliphatic rings. The number of anilines is 2. The van der Waals surface area contributed by atoms with Gasteiger partial charge in [0.25, 0.3) is 0 Å². The topological polar surface area (TPSA) is 88.0 Å². The number of carbonyl (C=O) groups excluding carboxylic acids is 2. The number of aromatic nitrogens is 2. The van der Waals surface area contributed by atoms with Crippen LogP contribution in [0, 0.1) is 6.92 Å². The van der Waals surface area contributed by atoms with Crippen LogP contribution in [0.5, 0.6) is 0 Å². The maximum Gasteiger partial charge on any atom is 0.319 e. The first-order valence-electron chi connectivity index (χ1n) is 6.93. The summed E-state index contributed by atoms with van der Waals surface area (Å²) in [6.07, 6.45) is 5.22. The van der Waals surface area contributed by atoms with Crippen LogP contribution in [-0.2, 0) is 11.3 Å². The van der Waals surface area contributed by atoms with Gasteiger partial charge in [-0.3, -0.25) is 4.79 Å². The van der Waals surface area contributed by atoms with Gasteiger partial charge in [-0.1, -0.05) is 6.07 Å². The van der Waals surface area contributed by atoms with Crippen LogP contribution >= 0.6 is 0 Å². The van der Waals surface area contributed by atoms with Crippen molar-refractivity contribution < 1.29 is 9.59 Å². The number of aryl methyl sites for hydroxylation is 1. The quantitative estimate of drug-likeness (QED) is 0.789. The summed E-state index contributed by atoms with van der Waals surface area (Å²) in [6, 6.07) is 5.07. The lowest BCUT2D eigenvalue weighted by molar-refractivity contribution is -0.114. The molecule has 7 heteroatoms. The molecule has 2 aromatic rings. The van der Waals surface area contributed by atoms with Gasteiger partial charge < -0.3 is 20.5 Å². The van der Waals surface area contributed by atoms with Crippen molar-refractivity contribution in [2.75, 3.05) is 17.2 Å². The molecule has 0 saturated carbocycles. The van der Waals surface area contributed by atoms with E-state index in [0.29, 0.717) is 24.5 Å². The minimum atomic E-state index is -0.289. The second kappa shape index (κ2) is 7.26. The van der Waals surface area contributed by atoms with Crippen molar-refractivity contribution in [3.05, 3.63) is 42.5 Å². The molecule has 0 radical (unpaired) electrons. The van der Waals surface area contributed by atoms with Crippen molar-refractivity contribution in [3.63, 3.8) is 0 Å². The molecule has 0 atom stereocenters. The van der Waals surface area contributed by atoms with Crippen LogP contribution in [0.15, 0.2) is 36.9 Å². The molecule has 0 aliphatic carbocycles. The first kappa shape index (κ1) is 15.6. The average molecular weight is 301 g/mol. The maximum atomic E-state index is 11.9. The van der Waals surface area contributed by atoms with Gasteiger partial charge in [-0.2, -0.15) is 0 Å². The zero-order valence-corrected chi connectivity index (χ0v) is 12.6. The molecule has 22 heavy (non-hydrogen) atoms. The summed E-state index contributed by atoms with van der Waals surface area (Å²) in [7, 11) is 0. The molecule has 1 aromatic heterocycles. The first-order valence-corrected chi connectivity index (χ1v) is 6.93. The number of carbonyl (C=O) groups is 2. The van der Waals surface area contributed by atoms with E-state index in [-0.39, 0.29) is 11.9 Å². The molecule has 0 spiro atoms. The number of amides is 3. The number of hydrogen-bond donors (Lipinski definition) is 3. The zero-order chi connectivity index (χ0) is 15.9. The van der Waals surface area contributed by atoms with Crippen LogP contribution in [-0.4, -0.2) is 28.0 Å². The number of rotatable bonds is 5. The number of hydrogen-bond acceptors (Lipinski definition) is 3. The fraction of sp³-hybridized carbons (Fsp3) is 0.267.